The van der Waals surface area contributed by atoms with Crippen molar-refractivity contribution in [2.24, 2.45) is 0 Å². The van der Waals surface area contributed by atoms with E-state index in [1.165, 1.54) is 0 Å². The number of nitrogen functional groups attached to an aromatic ring is 1. The molecular weight excluding hydrogens is 280 g/mol. The summed E-state index contributed by atoms with van der Waals surface area (Å²) < 4.78 is 2.87. The van der Waals surface area contributed by atoms with Gasteiger partial charge in [-0.1, -0.05) is 35.0 Å². The molecule has 0 atom stereocenters. The van der Waals surface area contributed by atoms with Gasteiger partial charge in [-0.25, -0.2) is 4.68 Å². The smallest absolute Gasteiger partial charge is 0.169 e. The van der Waals surface area contributed by atoms with Crippen LogP contribution < -0.4 is 5.73 Å². The van der Waals surface area contributed by atoms with Crippen LogP contribution in [-0.2, 0) is 0 Å². The summed E-state index contributed by atoms with van der Waals surface area (Å²) in [5, 5.41) is 8.08. The summed E-state index contributed by atoms with van der Waals surface area (Å²) in [6.45, 7) is 6.21. The highest BCUT2D eigenvalue weighted by molar-refractivity contribution is 9.10. The van der Waals surface area contributed by atoms with Crippen molar-refractivity contribution in [2.75, 3.05) is 5.73 Å². The zero-order chi connectivity index (χ0) is 12.6. The van der Waals surface area contributed by atoms with Crippen LogP contribution in [0.5, 0.6) is 0 Å². The van der Waals surface area contributed by atoms with Crippen LogP contribution in [0.25, 0.3) is 5.69 Å². The summed E-state index contributed by atoms with van der Waals surface area (Å²) in [4.78, 5) is 0. The molecule has 0 saturated heterocycles. The quantitative estimate of drug-likeness (QED) is 0.926. The summed E-state index contributed by atoms with van der Waals surface area (Å²) in [5.41, 5.74) is 8.96. The van der Waals surface area contributed by atoms with E-state index in [0.717, 1.165) is 21.4 Å². The maximum Gasteiger partial charge on any atom is 0.169 e. The molecule has 4 nitrogen and oxygen atoms in total. The molecule has 2 rings (SSSR count). The van der Waals surface area contributed by atoms with Gasteiger partial charge in [0.05, 0.1) is 11.4 Å². The van der Waals surface area contributed by atoms with Crippen LogP contribution in [0.1, 0.15) is 31.0 Å². The largest absolute Gasteiger partial charge is 0.381 e. The average molecular weight is 295 g/mol. The highest BCUT2D eigenvalue weighted by atomic mass is 79.9. The van der Waals surface area contributed by atoms with Gasteiger partial charge in [-0.15, -0.1) is 5.10 Å². The molecule has 0 aliphatic heterocycles. The minimum atomic E-state index is 0.285. The Kier molecular flexibility index (Phi) is 3.19. The number of aromatic nitrogens is 3. The van der Waals surface area contributed by atoms with E-state index < -0.39 is 0 Å². The number of nitrogens with zero attached hydrogens (tertiary/aromatic N) is 3. The molecule has 0 unspecified atom stereocenters. The topological polar surface area (TPSA) is 56.7 Å². The minimum Gasteiger partial charge on any atom is -0.381 e. The second-order valence-electron chi connectivity index (χ2n) is 4.36. The molecule has 2 N–H and O–H groups in total. The number of aryl methyl sites for hydroxylation is 1. The van der Waals surface area contributed by atoms with E-state index in [2.05, 4.69) is 46.2 Å². The number of hydrogen-bond donors (Lipinski definition) is 1. The van der Waals surface area contributed by atoms with Crippen LogP contribution in [0.2, 0.25) is 0 Å². The van der Waals surface area contributed by atoms with Crippen molar-refractivity contribution in [2.45, 2.75) is 26.7 Å². The van der Waals surface area contributed by atoms with Crippen molar-refractivity contribution >= 4 is 21.7 Å². The van der Waals surface area contributed by atoms with Gasteiger partial charge in [-0.3, -0.25) is 0 Å². The maximum atomic E-state index is 5.86. The van der Waals surface area contributed by atoms with Crippen molar-refractivity contribution in [3.8, 4) is 5.69 Å². The van der Waals surface area contributed by atoms with Gasteiger partial charge < -0.3 is 5.73 Å². The van der Waals surface area contributed by atoms with E-state index >= 15 is 0 Å². The average Bonchev–Trinajstić information content (AvgIpc) is 2.60. The molecule has 0 amide bonds. The highest BCUT2D eigenvalue weighted by Gasteiger charge is 2.16. The molecule has 0 aliphatic rings. The van der Waals surface area contributed by atoms with Crippen LogP contribution in [0, 0.1) is 6.92 Å². The van der Waals surface area contributed by atoms with E-state index in [0.29, 0.717) is 5.82 Å². The summed E-state index contributed by atoms with van der Waals surface area (Å²) in [7, 11) is 0. The van der Waals surface area contributed by atoms with Crippen LogP contribution in [0.4, 0.5) is 5.82 Å². The molecule has 0 saturated carbocycles. The van der Waals surface area contributed by atoms with Crippen LogP contribution in [-0.4, -0.2) is 15.0 Å². The molecule has 0 spiro atoms. The number of anilines is 1. The Morgan fingerprint density at radius 2 is 2.06 bits per heavy atom. The Balaban J connectivity index is 2.61. The molecule has 2 aromatic rings. The molecule has 17 heavy (non-hydrogen) atoms. The van der Waals surface area contributed by atoms with Gasteiger partial charge >= 0.3 is 0 Å². The number of halogens is 1. The fraction of sp³-hybridized carbons (Fsp3) is 0.333. The molecule has 5 heteroatoms. The standard InChI is InChI=1S/C12H15BrN4/c1-7(2)11-12(14)15-16-17(11)10-5-4-9(13)6-8(10)3/h4-7H,14H2,1-3H3. The summed E-state index contributed by atoms with van der Waals surface area (Å²) in [6, 6.07) is 6.06. The van der Waals surface area contributed by atoms with E-state index in [9.17, 15) is 0 Å². The Hall–Kier alpha value is -1.36. The molecule has 0 radical (unpaired) electrons. The van der Waals surface area contributed by atoms with Gasteiger partial charge in [0.15, 0.2) is 5.82 Å². The first-order valence-corrected chi connectivity index (χ1v) is 6.27. The Morgan fingerprint density at radius 1 is 1.35 bits per heavy atom. The zero-order valence-electron chi connectivity index (χ0n) is 10.1. The number of rotatable bonds is 2. The first kappa shape index (κ1) is 12.1. The normalized spacial score (nSPS) is 11.1. The number of benzene rings is 1. The Labute approximate surface area is 109 Å². The third kappa shape index (κ3) is 2.20. The third-order valence-corrected chi connectivity index (χ3v) is 3.16. The Bertz CT molecular complexity index is 545. The lowest BCUT2D eigenvalue weighted by Crippen LogP contribution is -2.06. The summed E-state index contributed by atoms with van der Waals surface area (Å²) in [6.07, 6.45) is 0. The van der Waals surface area contributed by atoms with Crippen molar-refractivity contribution < 1.29 is 0 Å². The van der Waals surface area contributed by atoms with E-state index in [1.807, 2.05) is 23.7 Å². The second kappa shape index (κ2) is 4.49. The predicted molar refractivity (Wildman–Crippen MR) is 72.3 cm³/mol. The second-order valence-corrected chi connectivity index (χ2v) is 5.27. The fourth-order valence-corrected chi connectivity index (χ4v) is 2.35. The highest BCUT2D eigenvalue weighted by Crippen LogP contribution is 2.25. The van der Waals surface area contributed by atoms with E-state index in [-0.39, 0.29) is 5.92 Å². The minimum absolute atomic E-state index is 0.285. The molecule has 0 bridgehead atoms. The summed E-state index contributed by atoms with van der Waals surface area (Å²) in [5.74, 6) is 0.787. The lowest BCUT2D eigenvalue weighted by molar-refractivity contribution is 0.713. The van der Waals surface area contributed by atoms with Gasteiger partial charge in [0.2, 0.25) is 0 Å². The first-order valence-electron chi connectivity index (χ1n) is 5.48. The number of hydrogen-bond acceptors (Lipinski definition) is 3. The van der Waals surface area contributed by atoms with Crippen molar-refractivity contribution in [1.82, 2.24) is 15.0 Å². The maximum absolute atomic E-state index is 5.86. The van der Waals surface area contributed by atoms with Crippen molar-refractivity contribution in [3.05, 3.63) is 33.9 Å². The fourth-order valence-electron chi connectivity index (χ4n) is 1.88. The van der Waals surface area contributed by atoms with Gasteiger partial charge in [0.25, 0.3) is 0 Å². The van der Waals surface area contributed by atoms with E-state index in [1.54, 1.807) is 0 Å². The molecule has 0 fully saturated rings. The van der Waals surface area contributed by atoms with Crippen LogP contribution in [0.3, 0.4) is 0 Å². The van der Waals surface area contributed by atoms with E-state index in [4.69, 9.17) is 5.73 Å². The van der Waals surface area contributed by atoms with Crippen molar-refractivity contribution in [3.63, 3.8) is 0 Å². The predicted octanol–water partition coefficient (Wildman–Crippen LogP) is 3.04. The van der Waals surface area contributed by atoms with Gasteiger partial charge in [0, 0.05) is 4.47 Å². The third-order valence-electron chi connectivity index (χ3n) is 2.67. The lowest BCUT2D eigenvalue weighted by atomic mass is 10.1. The molecule has 1 aromatic carbocycles. The SMILES string of the molecule is Cc1cc(Br)ccc1-n1nnc(N)c1C(C)C. The number of nitrogens with two attached hydrogens (primary N) is 1. The molecule has 1 aromatic heterocycles. The van der Waals surface area contributed by atoms with Crippen LogP contribution >= 0.6 is 15.9 Å². The van der Waals surface area contributed by atoms with Gasteiger partial charge in [0.1, 0.15) is 0 Å². The van der Waals surface area contributed by atoms with Gasteiger partial charge in [-0.05, 0) is 36.6 Å². The first-order chi connectivity index (χ1) is 8.00. The lowest BCUT2D eigenvalue weighted by Gasteiger charge is -2.12. The molecule has 1 heterocycles. The molecule has 90 valence electrons. The van der Waals surface area contributed by atoms with Gasteiger partial charge in [-0.2, -0.15) is 0 Å². The molecule has 0 aliphatic carbocycles. The zero-order valence-corrected chi connectivity index (χ0v) is 11.7. The molecular formula is C12H15BrN4. The monoisotopic (exact) mass is 294 g/mol. The van der Waals surface area contributed by atoms with Crippen LogP contribution in [0.15, 0.2) is 22.7 Å². The Morgan fingerprint density at radius 3 is 2.65 bits per heavy atom. The summed E-state index contributed by atoms with van der Waals surface area (Å²) >= 11 is 3.45. The van der Waals surface area contributed by atoms with Crippen molar-refractivity contribution in [1.29, 1.82) is 0 Å².